The van der Waals surface area contributed by atoms with Crippen LogP contribution in [0.5, 0.6) is 0 Å². The predicted molar refractivity (Wildman–Crippen MR) is 146 cm³/mol. The molecule has 1 aliphatic heterocycles. The van der Waals surface area contributed by atoms with E-state index in [1.54, 1.807) is 4.90 Å². The molecule has 1 N–H and O–H groups in total. The van der Waals surface area contributed by atoms with Gasteiger partial charge in [0.2, 0.25) is 23.6 Å². The predicted octanol–water partition coefficient (Wildman–Crippen LogP) is 3.80. The molecule has 1 fully saturated rings. The fourth-order valence-electron chi connectivity index (χ4n) is 5.27. The van der Waals surface area contributed by atoms with Crippen LogP contribution in [-0.4, -0.2) is 52.1 Å². The van der Waals surface area contributed by atoms with Crippen molar-refractivity contribution in [3.05, 3.63) is 83.4 Å². The molecule has 200 valence electrons. The molecule has 2 aliphatic rings. The van der Waals surface area contributed by atoms with Crippen molar-refractivity contribution in [1.29, 1.82) is 0 Å². The van der Waals surface area contributed by atoms with Gasteiger partial charge in [-0.2, -0.15) is 0 Å². The maximum absolute atomic E-state index is 13.8. The standard InChI is InChI=1S/C31H37N3O4/c1-21(2)32-29(36)27(19-23-9-5-4-6-10-23)34(20-24-15-13-22(3)14-16-24)28(35)17-18-33-30(37)25-11-7-8-12-26(25)31(33)38/h4-10,13-16,21,25-27H,11-12,17-20H2,1-3H3,(H,32,36)/t25-,26+,27-/m0/s1. The second kappa shape index (κ2) is 12.2. The van der Waals surface area contributed by atoms with E-state index in [0.29, 0.717) is 19.3 Å². The lowest BCUT2D eigenvalue weighted by atomic mass is 9.85. The molecule has 0 spiro atoms. The highest BCUT2D eigenvalue weighted by Gasteiger charge is 2.47. The molecule has 0 saturated carbocycles. The van der Waals surface area contributed by atoms with E-state index in [4.69, 9.17) is 0 Å². The van der Waals surface area contributed by atoms with E-state index in [9.17, 15) is 19.2 Å². The number of amides is 4. The lowest BCUT2D eigenvalue weighted by molar-refractivity contribution is -0.144. The maximum Gasteiger partial charge on any atom is 0.243 e. The summed E-state index contributed by atoms with van der Waals surface area (Å²) in [4.78, 5) is 56.0. The van der Waals surface area contributed by atoms with Gasteiger partial charge in [-0.25, -0.2) is 0 Å². The fourth-order valence-corrected chi connectivity index (χ4v) is 5.27. The minimum Gasteiger partial charge on any atom is -0.352 e. The van der Waals surface area contributed by atoms with Crippen molar-refractivity contribution in [2.24, 2.45) is 11.8 Å². The molecule has 1 aliphatic carbocycles. The van der Waals surface area contributed by atoms with Crippen molar-refractivity contribution in [1.82, 2.24) is 15.1 Å². The largest absolute Gasteiger partial charge is 0.352 e. The van der Waals surface area contributed by atoms with Crippen LogP contribution in [0.15, 0.2) is 66.7 Å². The van der Waals surface area contributed by atoms with E-state index >= 15 is 0 Å². The molecule has 7 nitrogen and oxygen atoms in total. The van der Waals surface area contributed by atoms with Gasteiger partial charge in [-0.3, -0.25) is 24.1 Å². The second-order valence-corrected chi connectivity index (χ2v) is 10.6. The monoisotopic (exact) mass is 515 g/mol. The van der Waals surface area contributed by atoms with Gasteiger partial charge in [0, 0.05) is 32.0 Å². The Bertz CT molecular complexity index is 1160. The van der Waals surface area contributed by atoms with Crippen LogP contribution in [0.2, 0.25) is 0 Å². The quantitative estimate of drug-likeness (QED) is 0.385. The third-order valence-electron chi connectivity index (χ3n) is 7.32. The Morgan fingerprint density at radius 2 is 1.53 bits per heavy atom. The molecule has 4 rings (SSSR count). The van der Waals surface area contributed by atoms with Gasteiger partial charge in [0.05, 0.1) is 11.8 Å². The zero-order chi connectivity index (χ0) is 27.2. The molecule has 1 saturated heterocycles. The van der Waals surface area contributed by atoms with Gasteiger partial charge in [0.15, 0.2) is 0 Å². The number of nitrogens with one attached hydrogen (secondary N) is 1. The van der Waals surface area contributed by atoms with Crippen molar-refractivity contribution in [3.63, 3.8) is 0 Å². The van der Waals surface area contributed by atoms with Gasteiger partial charge < -0.3 is 10.2 Å². The third kappa shape index (κ3) is 6.39. The lowest BCUT2D eigenvalue weighted by Gasteiger charge is -2.32. The first-order valence-electron chi connectivity index (χ1n) is 13.4. The third-order valence-corrected chi connectivity index (χ3v) is 7.32. The van der Waals surface area contributed by atoms with Crippen molar-refractivity contribution in [2.45, 2.75) is 65.1 Å². The number of rotatable bonds is 10. The van der Waals surface area contributed by atoms with E-state index in [0.717, 1.165) is 16.7 Å². The van der Waals surface area contributed by atoms with Crippen molar-refractivity contribution in [3.8, 4) is 0 Å². The normalized spacial score (nSPS) is 19.4. The van der Waals surface area contributed by atoms with Crippen LogP contribution in [0, 0.1) is 18.8 Å². The Kier molecular flexibility index (Phi) is 8.77. The molecule has 3 atom stereocenters. The molecular weight excluding hydrogens is 478 g/mol. The van der Waals surface area contributed by atoms with E-state index in [1.807, 2.05) is 87.5 Å². The number of carbonyl (C=O) groups is 4. The van der Waals surface area contributed by atoms with E-state index in [-0.39, 0.29) is 61.0 Å². The number of nitrogens with zero attached hydrogens (tertiary/aromatic N) is 2. The van der Waals surface area contributed by atoms with Gasteiger partial charge in [0.25, 0.3) is 0 Å². The summed E-state index contributed by atoms with van der Waals surface area (Å²) in [5.41, 5.74) is 2.95. The average molecular weight is 516 g/mol. The SMILES string of the molecule is Cc1ccc(CN(C(=O)CCN2C(=O)[C@H]3CC=CC[C@H]3C2=O)[C@@H](Cc2ccccc2)C(=O)NC(C)C)cc1. The summed E-state index contributed by atoms with van der Waals surface area (Å²) in [6.45, 7) is 6.06. The second-order valence-electron chi connectivity index (χ2n) is 10.6. The molecular formula is C31H37N3O4. The van der Waals surface area contributed by atoms with Gasteiger partial charge in [-0.15, -0.1) is 0 Å². The zero-order valence-corrected chi connectivity index (χ0v) is 22.4. The smallest absolute Gasteiger partial charge is 0.243 e. The number of benzene rings is 2. The molecule has 0 aromatic heterocycles. The topological polar surface area (TPSA) is 86.8 Å². The summed E-state index contributed by atoms with van der Waals surface area (Å²) in [6.07, 6.45) is 5.35. The van der Waals surface area contributed by atoms with Gasteiger partial charge in [-0.1, -0.05) is 72.3 Å². The highest BCUT2D eigenvalue weighted by molar-refractivity contribution is 6.05. The number of imide groups is 1. The number of allylic oxidation sites excluding steroid dienone is 2. The Morgan fingerprint density at radius 1 is 0.921 bits per heavy atom. The summed E-state index contributed by atoms with van der Waals surface area (Å²) < 4.78 is 0. The molecule has 38 heavy (non-hydrogen) atoms. The number of aryl methyl sites for hydroxylation is 1. The number of likely N-dealkylation sites (tertiary alicyclic amines) is 1. The first kappa shape index (κ1) is 27.3. The van der Waals surface area contributed by atoms with Crippen LogP contribution >= 0.6 is 0 Å². The minimum absolute atomic E-state index is 0.0256. The molecule has 2 aromatic rings. The summed E-state index contributed by atoms with van der Waals surface area (Å²) in [5, 5.41) is 2.98. The molecule has 7 heteroatoms. The van der Waals surface area contributed by atoms with E-state index in [2.05, 4.69) is 5.32 Å². The Balaban J connectivity index is 1.58. The van der Waals surface area contributed by atoms with Crippen molar-refractivity contribution in [2.75, 3.05) is 6.54 Å². The summed E-state index contributed by atoms with van der Waals surface area (Å²) >= 11 is 0. The fraction of sp³-hybridized carbons (Fsp3) is 0.419. The van der Waals surface area contributed by atoms with Crippen LogP contribution < -0.4 is 5.32 Å². The van der Waals surface area contributed by atoms with Crippen LogP contribution in [0.3, 0.4) is 0 Å². The Morgan fingerprint density at radius 3 is 2.11 bits per heavy atom. The summed E-state index contributed by atoms with van der Waals surface area (Å²) in [5.74, 6) is -1.53. The number of hydrogen-bond donors (Lipinski definition) is 1. The first-order valence-corrected chi connectivity index (χ1v) is 13.4. The molecule has 0 radical (unpaired) electrons. The highest BCUT2D eigenvalue weighted by Crippen LogP contribution is 2.35. The van der Waals surface area contributed by atoms with Gasteiger partial charge in [0.1, 0.15) is 6.04 Å². The van der Waals surface area contributed by atoms with Gasteiger partial charge in [-0.05, 0) is 44.7 Å². The van der Waals surface area contributed by atoms with Gasteiger partial charge >= 0.3 is 0 Å². The first-order chi connectivity index (χ1) is 18.2. The molecule has 4 amide bonds. The van der Waals surface area contributed by atoms with E-state index < -0.39 is 6.04 Å². The Labute approximate surface area is 224 Å². The maximum atomic E-state index is 13.8. The van der Waals surface area contributed by atoms with Crippen LogP contribution in [0.25, 0.3) is 0 Å². The van der Waals surface area contributed by atoms with Crippen LogP contribution in [-0.2, 0) is 32.1 Å². The van der Waals surface area contributed by atoms with Crippen molar-refractivity contribution >= 4 is 23.6 Å². The highest BCUT2D eigenvalue weighted by atomic mass is 16.2. The summed E-state index contributed by atoms with van der Waals surface area (Å²) in [7, 11) is 0. The molecule has 0 unspecified atom stereocenters. The summed E-state index contributed by atoms with van der Waals surface area (Å²) in [6, 6.07) is 16.7. The van der Waals surface area contributed by atoms with Crippen molar-refractivity contribution < 1.29 is 19.2 Å². The van der Waals surface area contributed by atoms with Crippen LogP contribution in [0.4, 0.5) is 0 Å². The number of hydrogen-bond acceptors (Lipinski definition) is 4. The van der Waals surface area contributed by atoms with E-state index in [1.165, 1.54) is 4.90 Å². The average Bonchev–Trinajstić information content (AvgIpc) is 3.15. The lowest BCUT2D eigenvalue weighted by Crippen LogP contribution is -2.52. The zero-order valence-electron chi connectivity index (χ0n) is 22.4. The molecule has 2 aromatic carbocycles. The number of fused-ring (bicyclic) bond motifs is 1. The minimum atomic E-state index is -0.745. The molecule has 0 bridgehead atoms. The number of carbonyl (C=O) groups excluding carboxylic acids is 4. The Hall–Kier alpha value is -3.74. The molecule has 1 heterocycles. The van der Waals surface area contributed by atoms with Crippen LogP contribution in [0.1, 0.15) is 49.8 Å².